The second-order valence-corrected chi connectivity index (χ2v) is 7.53. The molecule has 4 heteroatoms. The van der Waals surface area contributed by atoms with Gasteiger partial charge in [0.1, 0.15) is 6.04 Å². The molecule has 1 heterocycles. The van der Waals surface area contributed by atoms with E-state index in [-0.39, 0.29) is 11.8 Å². The van der Waals surface area contributed by atoms with Crippen LogP contribution in [0.5, 0.6) is 0 Å². The van der Waals surface area contributed by atoms with E-state index in [1.807, 2.05) is 86.6 Å². The zero-order valence-electron chi connectivity index (χ0n) is 16.7. The fourth-order valence-corrected chi connectivity index (χ4v) is 3.81. The zero-order valence-corrected chi connectivity index (χ0v) is 16.7. The first-order valence-corrected chi connectivity index (χ1v) is 9.84. The predicted molar refractivity (Wildman–Crippen MR) is 115 cm³/mol. The third-order valence-electron chi connectivity index (χ3n) is 5.66. The highest BCUT2D eigenvalue weighted by molar-refractivity contribution is 6.03. The van der Waals surface area contributed by atoms with Crippen LogP contribution < -0.4 is 5.32 Å². The van der Waals surface area contributed by atoms with Gasteiger partial charge in [-0.25, -0.2) is 0 Å². The molecule has 4 rings (SSSR count). The smallest absolute Gasteiger partial charge is 0.255 e. The minimum atomic E-state index is -0.586. The summed E-state index contributed by atoms with van der Waals surface area (Å²) in [6.07, 6.45) is 0.470. The van der Waals surface area contributed by atoms with Crippen molar-refractivity contribution >= 4 is 17.5 Å². The monoisotopic (exact) mass is 384 g/mol. The molecular weight excluding hydrogens is 360 g/mol. The molecule has 29 heavy (non-hydrogen) atoms. The number of hydrogen-bond acceptors (Lipinski definition) is 2. The van der Waals surface area contributed by atoms with Crippen molar-refractivity contribution in [2.24, 2.45) is 0 Å². The van der Waals surface area contributed by atoms with Gasteiger partial charge in [-0.3, -0.25) is 9.59 Å². The standard InChI is InChI=1S/C25H24N2O2/c1-17-9-8-14-22(18(17)2)26-24(28)23(15-19-10-4-3-5-11-19)27-16-20-12-6-7-13-21(20)25(27)29/h3-14,23H,15-16H2,1-2H3,(H,26,28)/t23-/m0/s1. The van der Waals surface area contributed by atoms with E-state index in [4.69, 9.17) is 0 Å². The van der Waals surface area contributed by atoms with Crippen LogP contribution in [0, 0.1) is 13.8 Å². The first-order chi connectivity index (χ1) is 14.0. The number of nitrogens with zero attached hydrogens (tertiary/aromatic N) is 1. The second-order valence-electron chi connectivity index (χ2n) is 7.53. The number of amides is 2. The number of nitrogens with one attached hydrogen (secondary N) is 1. The third-order valence-corrected chi connectivity index (χ3v) is 5.66. The number of rotatable bonds is 5. The third kappa shape index (κ3) is 3.79. The van der Waals surface area contributed by atoms with Crippen molar-refractivity contribution in [3.05, 3.63) is 101 Å². The van der Waals surface area contributed by atoms with Crippen molar-refractivity contribution in [3.8, 4) is 0 Å². The van der Waals surface area contributed by atoms with Crippen LogP contribution in [0.25, 0.3) is 0 Å². The van der Waals surface area contributed by atoms with Crippen molar-refractivity contribution in [1.29, 1.82) is 0 Å². The van der Waals surface area contributed by atoms with Gasteiger partial charge in [0.25, 0.3) is 5.91 Å². The normalized spacial score (nSPS) is 13.9. The largest absolute Gasteiger partial charge is 0.324 e. The zero-order chi connectivity index (χ0) is 20.4. The number of aryl methyl sites for hydroxylation is 1. The summed E-state index contributed by atoms with van der Waals surface area (Å²) in [5, 5.41) is 3.06. The second kappa shape index (κ2) is 7.92. The minimum absolute atomic E-state index is 0.0855. The maximum atomic E-state index is 13.4. The van der Waals surface area contributed by atoms with Gasteiger partial charge in [-0.1, -0.05) is 60.7 Å². The molecular formula is C25H24N2O2. The van der Waals surface area contributed by atoms with Crippen molar-refractivity contribution in [2.45, 2.75) is 32.9 Å². The molecule has 3 aromatic rings. The molecule has 4 nitrogen and oxygen atoms in total. The van der Waals surface area contributed by atoms with Crippen LogP contribution in [0.1, 0.15) is 32.6 Å². The Hall–Kier alpha value is -3.40. The number of carbonyl (C=O) groups is 2. The maximum Gasteiger partial charge on any atom is 0.255 e. The van der Waals surface area contributed by atoms with Gasteiger partial charge in [0, 0.05) is 24.2 Å². The van der Waals surface area contributed by atoms with Gasteiger partial charge >= 0.3 is 0 Å². The average Bonchev–Trinajstić information content (AvgIpc) is 3.07. The van der Waals surface area contributed by atoms with E-state index in [1.54, 1.807) is 4.90 Å². The van der Waals surface area contributed by atoms with Gasteiger partial charge in [0.15, 0.2) is 0 Å². The lowest BCUT2D eigenvalue weighted by atomic mass is 10.0. The van der Waals surface area contributed by atoms with Gasteiger partial charge in [-0.05, 0) is 48.2 Å². The van der Waals surface area contributed by atoms with Gasteiger partial charge in [0.05, 0.1) is 0 Å². The van der Waals surface area contributed by atoms with Crippen molar-refractivity contribution in [1.82, 2.24) is 4.90 Å². The summed E-state index contributed by atoms with van der Waals surface area (Å²) in [6.45, 7) is 4.47. The Morgan fingerprint density at radius 2 is 1.69 bits per heavy atom. The lowest BCUT2D eigenvalue weighted by molar-refractivity contribution is -0.120. The molecule has 0 aliphatic carbocycles. The molecule has 0 aromatic heterocycles. The van der Waals surface area contributed by atoms with Crippen LogP contribution in [-0.4, -0.2) is 22.8 Å². The Morgan fingerprint density at radius 1 is 0.966 bits per heavy atom. The SMILES string of the molecule is Cc1cccc(NC(=O)[C@H](Cc2ccccc2)N2Cc3ccccc3C2=O)c1C. The van der Waals surface area contributed by atoms with Crippen LogP contribution >= 0.6 is 0 Å². The van der Waals surface area contributed by atoms with Crippen molar-refractivity contribution < 1.29 is 9.59 Å². The molecule has 0 saturated heterocycles. The molecule has 146 valence electrons. The summed E-state index contributed by atoms with van der Waals surface area (Å²) in [4.78, 5) is 28.1. The number of benzene rings is 3. The Labute approximate surface area is 171 Å². The molecule has 0 saturated carbocycles. The van der Waals surface area contributed by atoms with Gasteiger partial charge in [0.2, 0.25) is 5.91 Å². The summed E-state index contributed by atoms with van der Waals surface area (Å²) in [5.74, 6) is -0.249. The first-order valence-electron chi connectivity index (χ1n) is 9.84. The topological polar surface area (TPSA) is 49.4 Å². The molecule has 0 unspecified atom stereocenters. The van der Waals surface area contributed by atoms with Crippen LogP contribution in [0.15, 0.2) is 72.8 Å². The molecule has 0 radical (unpaired) electrons. The number of carbonyl (C=O) groups excluding carboxylic acids is 2. The molecule has 1 aliphatic rings. The molecule has 1 N–H and O–H groups in total. The molecule has 2 amide bonds. The van der Waals surface area contributed by atoms with E-state index in [9.17, 15) is 9.59 Å². The van der Waals surface area contributed by atoms with E-state index in [1.165, 1.54) is 0 Å². The van der Waals surface area contributed by atoms with Crippen LogP contribution in [0.3, 0.4) is 0 Å². The van der Waals surface area contributed by atoms with Crippen molar-refractivity contribution in [3.63, 3.8) is 0 Å². The van der Waals surface area contributed by atoms with E-state index in [2.05, 4.69) is 5.32 Å². The quantitative estimate of drug-likeness (QED) is 0.704. The number of anilines is 1. The number of fused-ring (bicyclic) bond motifs is 1. The summed E-state index contributed by atoms with van der Waals surface area (Å²) < 4.78 is 0. The summed E-state index contributed by atoms with van der Waals surface area (Å²) in [5.41, 5.74) is 5.62. The van der Waals surface area contributed by atoms with Crippen LogP contribution in [0.2, 0.25) is 0 Å². The molecule has 0 bridgehead atoms. The van der Waals surface area contributed by atoms with Crippen LogP contribution in [-0.2, 0) is 17.8 Å². The molecule has 1 aliphatic heterocycles. The van der Waals surface area contributed by atoms with E-state index < -0.39 is 6.04 Å². The van der Waals surface area contributed by atoms with Crippen molar-refractivity contribution in [2.75, 3.05) is 5.32 Å². The highest BCUT2D eigenvalue weighted by Gasteiger charge is 2.36. The van der Waals surface area contributed by atoms with Gasteiger partial charge in [-0.15, -0.1) is 0 Å². The molecule has 1 atom stereocenters. The highest BCUT2D eigenvalue weighted by Crippen LogP contribution is 2.27. The summed E-state index contributed by atoms with van der Waals surface area (Å²) in [6, 6.07) is 22.7. The van der Waals surface area contributed by atoms with Gasteiger partial charge < -0.3 is 10.2 Å². The summed E-state index contributed by atoms with van der Waals surface area (Å²) in [7, 11) is 0. The Bertz CT molecular complexity index is 1060. The Balaban J connectivity index is 1.65. The van der Waals surface area contributed by atoms with E-state index in [0.29, 0.717) is 18.5 Å². The predicted octanol–water partition coefficient (Wildman–Crippen LogP) is 4.51. The summed E-state index contributed by atoms with van der Waals surface area (Å²) >= 11 is 0. The highest BCUT2D eigenvalue weighted by atomic mass is 16.2. The van der Waals surface area contributed by atoms with Crippen LogP contribution in [0.4, 0.5) is 5.69 Å². The average molecular weight is 384 g/mol. The first kappa shape index (κ1) is 18.9. The Kier molecular flexibility index (Phi) is 5.17. The van der Waals surface area contributed by atoms with Gasteiger partial charge in [-0.2, -0.15) is 0 Å². The molecule has 0 spiro atoms. The molecule has 0 fully saturated rings. The lowest BCUT2D eigenvalue weighted by Crippen LogP contribution is -2.45. The van der Waals surface area contributed by atoms with E-state index in [0.717, 1.165) is 27.9 Å². The maximum absolute atomic E-state index is 13.4. The van der Waals surface area contributed by atoms with E-state index >= 15 is 0 Å². The fraction of sp³-hybridized carbons (Fsp3) is 0.200. The molecule has 3 aromatic carbocycles. The number of hydrogen-bond donors (Lipinski definition) is 1. The lowest BCUT2D eigenvalue weighted by Gasteiger charge is -2.27. The fourth-order valence-electron chi connectivity index (χ4n) is 3.81. The minimum Gasteiger partial charge on any atom is -0.324 e. The Morgan fingerprint density at radius 3 is 2.45 bits per heavy atom.